The van der Waals surface area contributed by atoms with Gasteiger partial charge < -0.3 is 15.4 Å². The van der Waals surface area contributed by atoms with Gasteiger partial charge in [0.25, 0.3) is 5.91 Å². The fourth-order valence-corrected chi connectivity index (χ4v) is 2.86. The molecule has 1 aliphatic rings. The highest BCUT2D eigenvalue weighted by Gasteiger charge is 2.30. The van der Waals surface area contributed by atoms with Crippen LogP contribution >= 0.6 is 23.2 Å². The number of halogens is 2. The van der Waals surface area contributed by atoms with Crippen LogP contribution < -0.4 is 10.5 Å². The average molecular weight is 331 g/mol. The lowest BCUT2D eigenvalue weighted by molar-refractivity contribution is -0.141. The van der Waals surface area contributed by atoms with Gasteiger partial charge in [-0.2, -0.15) is 0 Å². The lowest BCUT2D eigenvalue weighted by Gasteiger charge is -2.37. The molecular formula is C15H20Cl2N2O2. The normalized spacial score (nSPS) is 23.8. The molecule has 1 saturated heterocycles. The number of likely N-dealkylation sites (tertiary alicyclic amines) is 1. The van der Waals surface area contributed by atoms with Crippen LogP contribution in [0.1, 0.15) is 26.7 Å². The summed E-state index contributed by atoms with van der Waals surface area (Å²) in [7, 11) is 0. The third-order valence-corrected chi connectivity index (χ3v) is 4.49. The summed E-state index contributed by atoms with van der Waals surface area (Å²) in [4.78, 5) is 14.3. The molecule has 0 unspecified atom stereocenters. The Labute approximate surface area is 135 Å². The van der Waals surface area contributed by atoms with Crippen molar-refractivity contribution in [2.45, 2.75) is 44.9 Å². The first kappa shape index (κ1) is 16.4. The Morgan fingerprint density at radius 3 is 2.76 bits per heavy atom. The minimum absolute atomic E-state index is 0.0273. The first-order valence-corrected chi connectivity index (χ1v) is 7.82. The van der Waals surface area contributed by atoms with Gasteiger partial charge in [0.05, 0.1) is 10.0 Å². The van der Waals surface area contributed by atoms with Gasteiger partial charge in [-0.05, 0) is 38.8 Å². The van der Waals surface area contributed by atoms with Crippen LogP contribution in [-0.4, -0.2) is 35.5 Å². The molecule has 0 spiro atoms. The molecule has 4 nitrogen and oxygen atoms in total. The molecule has 1 aromatic rings. The van der Waals surface area contributed by atoms with Gasteiger partial charge in [0, 0.05) is 24.7 Å². The van der Waals surface area contributed by atoms with E-state index < -0.39 is 6.10 Å². The second-order valence-electron chi connectivity index (χ2n) is 5.50. The largest absolute Gasteiger partial charge is 0.481 e. The molecule has 2 N–H and O–H groups in total. The van der Waals surface area contributed by atoms with Crippen LogP contribution in [0.3, 0.4) is 0 Å². The zero-order valence-electron chi connectivity index (χ0n) is 12.2. The SMILES string of the molecule is C[C@H](Oc1ccc(Cl)c(Cl)c1)C(=O)N1CC[C@H](N)C[C@@H]1C. The van der Waals surface area contributed by atoms with E-state index in [0.717, 1.165) is 12.8 Å². The van der Waals surface area contributed by atoms with Crippen LogP contribution in [-0.2, 0) is 4.79 Å². The number of carbonyl (C=O) groups excluding carboxylic acids is 1. The Balaban J connectivity index is 2.00. The fraction of sp³-hybridized carbons (Fsp3) is 0.533. The molecule has 1 heterocycles. The van der Waals surface area contributed by atoms with Crippen LogP contribution in [0.4, 0.5) is 0 Å². The number of amides is 1. The van der Waals surface area contributed by atoms with Crippen LogP contribution in [0.5, 0.6) is 5.75 Å². The Morgan fingerprint density at radius 2 is 2.14 bits per heavy atom. The molecule has 0 saturated carbocycles. The molecule has 1 fully saturated rings. The molecule has 0 aromatic heterocycles. The Kier molecular flexibility index (Phi) is 5.36. The first-order chi connectivity index (χ1) is 9.88. The number of ether oxygens (including phenoxy) is 1. The third-order valence-electron chi connectivity index (χ3n) is 3.75. The van der Waals surface area contributed by atoms with Crippen molar-refractivity contribution in [2.75, 3.05) is 6.54 Å². The number of carbonyl (C=O) groups is 1. The maximum Gasteiger partial charge on any atom is 0.263 e. The van der Waals surface area contributed by atoms with Gasteiger partial charge >= 0.3 is 0 Å². The summed E-state index contributed by atoms with van der Waals surface area (Å²) in [6.45, 7) is 4.44. The van der Waals surface area contributed by atoms with Crippen LogP contribution in [0.25, 0.3) is 0 Å². The molecule has 116 valence electrons. The van der Waals surface area contributed by atoms with Crippen molar-refractivity contribution in [3.05, 3.63) is 28.2 Å². The molecule has 0 radical (unpaired) electrons. The minimum Gasteiger partial charge on any atom is -0.481 e. The van der Waals surface area contributed by atoms with Gasteiger partial charge in [-0.1, -0.05) is 23.2 Å². The van der Waals surface area contributed by atoms with E-state index in [0.29, 0.717) is 22.3 Å². The van der Waals surface area contributed by atoms with E-state index in [1.54, 1.807) is 25.1 Å². The predicted molar refractivity (Wildman–Crippen MR) is 84.9 cm³/mol. The van der Waals surface area contributed by atoms with Crippen molar-refractivity contribution in [3.63, 3.8) is 0 Å². The van der Waals surface area contributed by atoms with Crippen LogP contribution in [0.15, 0.2) is 18.2 Å². The molecule has 3 atom stereocenters. The lowest BCUT2D eigenvalue weighted by atomic mass is 9.98. The molecule has 2 rings (SSSR count). The summed E-state index contributed by atoms with van der Waals surface area (Å²) in [5.74, 6) is 0.507. The van der Waals surface area contributed by atoms with Gasteiger partial charge in [-0.3, -0.25) is 4.79 Å². The number of hydrogen-bond acceptors (Lipinski definition) is 3. The Morgan fingerprint density at radius 1 is 1.43 bits per heavy atom. The summed E-state index contributed by atoms with van der Waals surface area (Å²) >= 11 is 11.8. The zero-order chi connectivity index (χ0) is 15.6. The highest BCUT2D eigenvalue weighted by Crippen LogP contribution is 2.27. The highest BCUT2D eigenvalue weighted by atomic mass is 35.5. The quantitative estimate of drug-likeness (QED) is 0.926. The lowest BCUT2D eigenvalue weighted by Crippen LogP contribution is -2.51. The van der Waals surface area contributed by atoms with E-state index in [2.05, 4.69) is 0 Å². The topological polar surface area (TPSA) is 55.6 Å². The van der Waals surface area contributed by atoms with Gasteiger partial charge in [-0.25, -0.2) is 0 Å². The van der Waals surface area contributed by atoms with Crippen LogP contribution in [0, 0.1) is 0 Å². The standard InChI is InChI=1S/C15H20Cl2N2O2/c1-9-7-11(18)5-6-19(9)15(20)10(2)21-12-3-4-13(16)14(17)8-12/h3-4,8-11H,5-7,18H2,1-2H3/t9-,10-,11-/m0/s1. The third kappa shape index (κ3) is 4.02. The van der Waals surface area contributed by atoms with E-state index in [9.17, 15) is 4.79 Å². The van der Waals surface area contributed by atoms with E-state index in [4.69, 9.17) is 33.7 Å². The second-order valence-corrected chi connectivity index (χ2v) is 6.32. The maximum atomic E-state index is 12.5. The number of piperidine rings is 1. The van der Waals surface area contributed by atoms with E-state index in [1.165, 1.54) is 0 Å². The number of nitrogens with two attached hydrogens (primary N) is 1. The molecule has 21 heavy (non-hydrogen) atoms. The van der Waals surface area contributed by atoms with E-state index in [1.807, 2.05) is 11.8 Å². The van der Waals surface area contributed by atoms with Gasteiger partial charge in [-0.15, -0.1) is 0 Å². The van der Waals surface area contributed by atoms with Crippen molar-refractivity contribution in [1.82, 2.24) is 4.90 Å². The number of benzene rings is 1. The van der Waals surface area contributed by atoms with Gasteiger partial charge in [0.1, 0.15) is 5.75 Å². The van der Waals surface area contributed by atoms with Crippen LogP contribution in [0.2, 0.25) is 10.0 Å². The van der Waals surface area contributed by atoms with Gasteiger partial charge in [0.2, 0.25) is 0 Å². The summed E-state index contributed by atoms with van der Waals surface area (Å²) in [6, 6.07) is 5.28. The van der Waals surface area contributed by atoms with Crippen molar-refractivity contribution in [1.29, 1.82) is 0 Å². The molecular weight excluding hydrogens is 311 g/mol. The number of nitrogens with zero attached hydrogens (tertiary/aromatic N) is 1. The predicted octanol–water partition coefficient (Wildman–Crippen LogP) is 3.10. The van der Waals surface area contributed by atoms with Crippen molar-refractivity contribution >= 4 is 29.1 Å². The Bertz CT molecular complexity index is 524. The average Bonchev–Trinajstić information content (AvgIpc) is 2.42. The summed E-state index contributed by atoms with van der Waals surface area (Å²) < 4.78 is 5.67. The van der Waals surface area contributed by atoms with Gasteiger partial charge in [0.15, 0.2) is 6.10 Å². The monoisotopic (exact) mass is 330 g/mol. The van der Waals surface area contributed by atoms with Crippen molar-refractivity contribution < 1.29 is 9.53 Å². The molecule has 0 aliphatic carbocycles. The minimum atomic E-state index is -0.570. The highest BCUT2D eigenvalue weighted by molar-refractivity contribution is 6.42. The second kappa shape index (κ2) is 6.86. The van der Waals surface area contributed by atoms with E-state index >= 15 is 0 Å². The Hall–Kier alpha value is -0.970. The summed E-state index contributed by atoms with van der Waals surface area (Å²) in [5, 5.41) is 0.868. The molecule has 6 heteroatoms. The first-order valence-electron chi connectivity index (χ1n) is 7.06. The molecule has 1 aromatic carbocycles. The molecule has 0 bridgehead atoms. The smallest absolute Gasteiger partial charge is 0.263 e. The molecule has 1 aliphatic heterocycles. The fourth-order valence-electron chi connectivity index (χ4n) is 2.57. The number of rotatable bonds is 3. The van der Waals surface area contributed by atoms with Crippen molar-refractivity contribution in [3.8, 4) is 5.75 Å². The summed E-state index contributed by atoms with van der Waals surface area (Å²) in [5.41, 5.74) is 5.92. The van der Waals surface area contributed by atoms with Crippen molar-refractivity contribution in [2.24, 2.45) is 5.73 Å². The summed E-state index contributed by atoms with van der Waals surface area (Å²) in [6.07, 6.45) is 1.08. The van der Waals surface area contributed by atoms with E-state index in [-0.39, 0.29) is 18.0 Å². The maximum absolute atomic E-state index is 12.5. The zero-order valence-corrected chi connectivity index (χ0v) is 13.7. The number of hydrogen-bond donors (Lipinski definition) is 1. The molecule has 1 amide bonds.